The second kappa shape index (κ2) is 6.64. The van der Waals surface area contributed by atoms with Crippen molar-refractivity contribution in [3.63, 3.8) is 0 Å². The lowest BCUT2D eigenvalue weighted by Gasteiger charge is -2.16. The number of aryl methyl sites for hydroxylation is 1. The molecule has 4 nitrogen and oxygen atoms in total. The van der Waals surface area contributed by atoms with Crippen molar-refractivity contribution in [1.82, 2.24) is 10.6 Å². The van der Waals surface area contributed by atoms with Crippen LogP contribution in [0, 0.1) is 12.8 Å². The third-order valence-corrected chi connectivity index (χ3v) is 3.39. The van der Waals surface area contributed by atoms with Gasteiger partial charge in [-0.3, -0.25) is 4.99 Å². The van der Waals surface area contributed by atoms with Gasteiger partial charge in [-0.25, -0.2) is 0 Å². The lowest BCUT2D eigenvalue weighted by molar-refractivity contribution is 0.441. The fourth-order valence-corrected chi connectivity index (χ4v) is 2.05. The Labute approximate surface area is 115 Å². The van der Waals surface area contributed by atoms with Crippen LogP contribution < -0.4 is 10.6 Å². The van der Waals surface area contributed by atoms with E-state index in [1.807, 2.05) is 19.1 Å². The molecule has 0 aromatic carbocycles. The van der Waals surface area contributed by atoms with Gasteiger partial charge in [-0.2, -0.15) is 0 Å². The van der Waals surface area contributed by atoms with E-state index in [2.05, 4.69) is 29.5 Å². The molecule has 0 aliphatic heterocycles. The van der Waals surface area contributed by atoms with Gasteiger partial charge in [0.05, 0.1) is 6.04 Å². The van der Waals surface area contributed by atoms with Gasteiger partial charge in [-0.05, 0) is 45.2 Å². The molecule has 1 aliphatic carbocycles. The predicted molar refractivity (Wildman–Crippen MR) is 78.3 cm³/mol. The fourth-order valence-electron chi connectivity index (χ4n) is 2.05. The number of hydrogen-bond acceptors (Lipinski definition) is 2. The molecular formula is C15H25N3O. The standard InChI is InChI=1S/C15H25N3O/c1-4-16-15(17-10-9-13-6-7-13)18-12(3)14-8-5-11(2)19-14/h5,8,12-13H,4,6-7,9-10H2,1-3H3,(H2,16,17,18). The molecule has 1 aromatic rings. The van der Waals surface area contributed by atoms with E-state index in [1.54, 1.807) is 0 Å². The van der Waals surface area contributed by atoms with Crippen LogP contribution in [0.4, 0.5) is 0 Å². The van der Waals surface area contributed by atoms with Crippen LogP contribution in [0.25, 0.3) is 0 Å². The van der Waals surface area contributed by atoms with E-state index in [9.17, 15) is 0 Å². The summed E-state index contributed by atoms with van der Waals surface area (Å²) in [5.74, 6) is 3.70. The molecule has 1 aromatic heterocycles. The minimum atomic E-state index is 0.132. The molecule has 2 N–H and O–H groups in total. The van der Waals surface area contributed by atoms with Crippen molar-refractivity contribution in [3.05, 3.63) is 23.7 Å². The van der Waals surface area contributed by atoms with Gasteiger partial charge < -0.3 is 15.1 Å². The van der Waals surface area contributed by atoms with Crippen LogP contribution >= 0.6 is 0 Å². The molecule has 1 unspecified atom stereocenters. The first-order valence-corrected chi connectivity index (χ1v) is 7.30. The molecule has 106 valence electrons. The number of nitrogens with one attached hydrogen (secondary N) is 2. The maximum Gasteiger partial charge on any atom is 0.191 e. The van der Waals surface area contributed by atoms with Crippen molar-refractivity contribution < 1.29 is 4.42 Å². The predicted octanol–water partition coefficient (Wildman–Crippen LogP) is 3.00. The number of rotatable bonds is 6. The maximum atomic E-state index is 5.63. The molecule has 19 heavy (non-hydrogen) atoms. The Kier molecular flexibility index (Phi) is 4.88. The Bertz CT molecular complexity index is 421. The van der Waals surface area contributed by atoms with Gasteiger partial charge in [0.1, 0.15) is 11.5 Å². The van der Waals surface area contributed by atoms with Gasteiger partial charge in [0.2, 0.25) is 0 Å². The zero-order chi connectivity index (χ0) is 13.7. The summed E-state index contributed by atoms with van der Waals surface area (Å²) in [5.41, 5.74) is 0. The van der Waals surface area contributed by atoms with Crippen LogP contribution in [0.3, 0.4) is 0 Å². The first-order valence-electron chi connectivity index (χ1n) is 7.30. The average Bonchev–Trinajstić information content (AvgIpc) is 3.09. The summed E-state index contributed by atoms with van der Waals surface area (Å²) in [4.78, 5) is 4.62. The SMILES string of the molecule is CCNC(=NCCC1CC1)NC(C)c1ccc(C)o1. The van der Waals surface area contributed by atoms with Gasteiger partial charge in [-0.15, -0.1) is 0 Å². The highest BCUT2D eigenvalue weighted by Gasteiger charge is 2.20. The molecule has 1 fully saturated rings. The molecule has 1 aliphatic rings. The molecular weight excluding hydrogens is 238 g/mol. The van der Waals surface area contributed by atoms with Crippen LogP contribution in [-0.2, 0) is 0 Å². The lowest BCUT2D eigenvalue weighted by atomic mass is 10.2. The smallest absolute Gasteiger partial charge is 0.191 e. The minimum Gasteiger partial charge on any atom is -0.464 e. The van der Waals surface area contributed by atoms with Crippen molar-refractivity contribution in [2.75, 3.05) is 13.1 Å². The molecule has 0 spiro atoms. The molecule has 1 heterocycles. The van der Waals surface area contributed by atoms with Crippen molar-refractivity contribution in [1.29, 1.82) is 0 Å². The van der Waals surface area contributed by atoms with Gasteiger partial charge in [0.15, 0.2) is 5.96 Å². The maximum absolute atomic E-state index is 5.63. The number of hydrogen-bond donors (Lipinski definition) is 2. The highest BCUT2D eigenvalue weighted by Crippen LogP contribution is 2.32. The minimum absolute atomic E-state index is 0.132. The zero-order valence-corrected chi connectivity index (χ0v) is 12.2. The first kappa shape index (κ1) is 14.0. The van der Waals surface area contributed by atoms with Crippen LogP contribution in [0.15, 0.2) is 21.5 Å². The Hall–Kier alpha value is -1.45. The van der Waals surface area contributed by atoms with Gasteiger partial charge >= 0.3 is 0 Å². The monoisotopic (exact) mass is 263 g/mol. The normalized spacial score (nSPS) is 17.3. The van der Waals surface area contributed by atoms with Crippen LogP contribution in [-0.4, -0.2) is 19.0 Å². The first-order chi connectivity index (χ1) is 9.19. The van der Waals surface area contributed by atoms with Crippen LogP contribution in [0.2, 0.25) is 0 Å². The lowest BCUT2D eigenvalue weighted by Crippen LogP contribution is -2.38. The van der Waals surface area contributed by atoms with Crippen LogP contribution in [0.1, 0.15) is 50.7 Å². The molecule has 0 saturated heterocycles. The highest BCUT2D eigenvalue weighted by molar-refractivity contribution is 5.80. The van der Waals surface area contributed by atoms with E-state index in [-0.39, 0.29) is 6.04 Å². The van der Waals surface area contributed by atoms with E-state index < -0.39 is 0 Å². The Morgan fingerprint density at radius 3 is 2.84 bits per heavy atom. The summed E-state index contributed by atoms with van der Waals surface area (Å²) >= 11 is 0. The average molecular weight is 263 g/mol. The summed E-state index contributed by atoms with van der Waals surface area (Å²) in [6.07, 6.45) is 3.99. The summed E-state index contributed by atoms with van der Waals surface area (Å²) < 4.78 is 5.63. The van der Waals surface area contributed by atoms with Crippen molar-refractivity contribution >= 4 is 5.96 Å². The number of guanidine groups is 1. The molecule has 1 atom stereocenters. The van der Waals surface area contributed by atoms with E-state index in [0.29, 0.717) is 0 Å². The van der Waals surface area contributed by atoms with Gasteiger partial charge in [0, 0.05) is 13.1 Å². The van der Waals surface area contributed by atoms with Crippen molar-refractivity contribution in [3.8, 4) is 0 Å². The highest BCUT2D eigenvalue weighted by atomic mass is 16.3. The third-order valence-electron chi connectivity index (χ3n) is 3.39. The number of aliphatic imine (C=N–C) groups is 1. The van der Waals surface area contributed by atoms with E-state index in [0.717, 1.165) is 36.5 Å². The quantitative estimate of drug-likeness (QED) is 0.613. The second-order valence-corrected chi connectivity index (χ2v) is 5.31. The summed E-state index contributed by atoms with van der Waals surface area (Å²) in [6.45, 7) is 7.92. The Balaban J connectivity index is 1.86. The molecule has 4 heteroatoms. The zero-order valence-electron chi connectivity index (χ0n) is 12.2. The molecule has 0 bridgehead atoms. The van der Waals surface area contributed by atoms with Gasteiger partial charge in [-0.1, -0.05) is 12.8 Å². The Morgan fingerprint density at radius 1 is 1.47 bits per heavy atom. The molecule has 1 saturated carbocycles. The van der Waals surface area contributed by atoms with Crippen molar-refractivity contribution in [2.45, 2.75) is 46.1 Å². The van der Waals surface area contributed by atoms with Crippen LogP contribution in [0.5, 0.6) is 0 Å². The van der Waals surface area contributed by atoms with E-state index in [4.69, 9.17) is 4.42 Å². The van der Waals surface area contributed by atoms with E-state index in [1.165, 1.54) is 19.3 Å². The Morgan fingerprint density at radius 2 is 2.26 bits per heavy atom. The summed E-state index contributed by atoms with van der Waals surface area (Å²) in [6, 6.07) is 4.14. The number of nitrogens with zero attached hydrogens (tertiary/aromatic N) is 1. The number of furan rings is 1. The van der Waals surface area contributed by atoms with E-state index >= 15 is 0 Å². The second-order valence-electron chi connectivity index (χ2n) is 5.31. The molecule has 0 radical (unpaired) electrons. The largest absolute Gasteiger partial charge is 0.464 e. The fraction of sp³-hybridized carbons (Fsp3) is 0.667. The molecule has 0 amide bonds. The van der Waals surface area contributed by atoms with Crippen molar-refractivity contribution in [2.24, 2.45) is 10.9 Å². The summed E-state index contributed by atoms with van der Waals surface area (Å²) in [7, 11) is 0. The summed E-state index contributed by atoms with van der Waals surface area (Å²) in [5, 5.41) is 6.67. The third kappa shape index (κ3) is 4.62. The van der Waals surface area contributed by atoms with Gasteiger partial charge in [0.25, 0.3) is 0 Å². The molecule has 2 rings (SSSR count). The topological polar surface area (TPSA) is 49.6 Å².